The van der Waals surface area contributed by atoms with Crippen LogP contribution in [0.25, 0.3) is 0 Å². The third-order valence-electron chi connectivity index (χ3n) is 4.33. The molecule has 1 aliphatic heterocycles. The maximum absolute atomic E-state index is 12.4. The molecule has 0 aliphatic carbocycles. The highest BCUT2D eigenvalue weighted by atomic mass is 16.5. The number of ether oxygens (including phenoxy) is 1. The number of nitrogens with one attached hydrogen (secondary N) is 2. The Morgan fingerprint density at radius 3 is 2.88 bits per heavy atom. The van der Waals surface area contributed by atoms with E-state index < -0.39 is 0 Å². The van der Waals surface area contributed by atoms with Gasteiger partial charge in [0.15, 0.2) is 0 Å². The second kappa shape index (κ2) is 7.49. The summed E-state index contributed by atoms with van der Waals surface area (Å²) in [6.07, 6.45) is 1.93. The summed E-state index contributed by atoms with van der Waals surface area (Å²) in [7, 11) is 0. The van der Waals surface area contributed by atoms with Gasteiger partial charge in [0.2, 0.25) is 0 Å². The Kier molecular flexibility index (Phi) is 5.15. The first-order valence-corrected chi connectivity index (χ1v) is 8.29. The van der Waals surface area contributed by atoms with Crippen LogP contribution in [0, 0.1) is 13.8 Å². The van der Waals surface area contributed by atoms with E-state index in [1.54, 1.807) is 12.1 Å². The van der Waals surface area contributed by atoms with Gasteiger partial charge < -0.3 is 19.9 Å². The fraction of sp³-hybridized carbons (Fsp3) is 0.444. The first kappa shape index (κ1) is 16.5. The van der Waals surface area contributed by atoms with Crippen LogP contribution < -0.4 is 15.4 Å². The summed E-state index contributed by atoms with van der Waals surface area (Å²) in [6.45, 7) is 6.03. The number of aryl methyl sites for hydroxylation is 2. The largest absolute Gasteiger partial charge is 0.489 e. The highest BCUT2D eigenvalue weighted by Crippen LogP contribution is 2.18. The Morgan fingerprint density at radius 1 is 1.38 bits per heavy atom. The molecule has 0 saturated carbocycles. The van der Waals surface area contributed by atoms with Crippen molar-refractivity contribution < 1.29 is 14.1 Å². The second-order valence-corrected chi connectivity index (χ2v) is 6.12. The molecule has 6 heteroatoms. The molecule has 0 radical (unpaired) electrons. The molecular weight excluding hydrogens is 306 g/mol. The van der Waals surface area contributed by atoms with Gasteiger partial charge in [-0.1, -0.05) is 11.2 Å². The zero-order valence-electron chi connectivity index (χ0n) is 14.1. The van der Waals surface area contributed by atoms with Crippen molar-refractivity contribution in [3.8, 4) is 5.75 Å². The number of hydrogen-bond donors (Lipinski definition) is 2. The van der Waals surface area contributed by atoms with Crippen molar-refractivity contribution in [2.24, 2.45) is 0 Å². The highest BCUT2D eigenvalue weighted by Gasteiger charge is 2.17. The van der Waals surface area contributed by atoms with Crippen LogP contribution in [-0.2, 0) is 6.61 Å². The number of piperidine rings is 1. The van der Waals surface area contributed by atoms with Crippen molar-refractivity contribution in [3.05, 3.63) is 46.8 Å². The normalized spacial score (nSPS) is 15.2. The monoisotopic (exact) mass is 329 g/mol. The lowest BCUT2D eigenvalue weighted by Crippen LogP contribution is -2.42. The molecule has 128 valence electrons. The SMILES string of the molecule is Cc1noc(C)c1COc1cccc(C(=O)NC2CCNCC2)c1. The minimum atomic E-state index is -0.0512. The topological polar surface area (TPSA) is 76.4 Å². The van der Waals surface area contributed by atoms with Gasteiger partial charge >= 0.3 is 0 Å². The van der Waals surface area contributed by atoms with Crippen LogP contribution in [0.4, 0.5) is 0 Å². The Hall–Kier alpha value is -2.34. The van der Waals surface area contributed by atoms with E-state index in [2.05, 4.69) is 15.8 Å². The zero-order valence-corrected chi connectivity index (χ0v) is 14.1. The Labute approximate surface area is 141 Å². The molecule has 2 heterocycles. The third-order valence-corrected chi connectivity index (χ3v) is 4.33. The Morgan fingerprint density at radius 2 is 2.17 bits per heavy atom. The minimum absolute atomic E-state index is 0.0512. The van der Waals surface area contributed by atoms with E-state index in [0.29, 0.717) is 17.9 Å². The maximum Gasteiger partial charge on any atom is 0.251 e. The van der Waals surface area contributed by atoms with E-state index in [-0.39, 0.29) is 11.9 Å². The summed E-state index contributed by atoms with van der Waals surface area (Å²) in [6, 6.07) is 7.50. The van der Waals surface area contributed by atoms with Gasteiger partial charge in [-0.05, 0) is 58.0 Å². The van der Waals surface area contributed by atoms with Gasteiger partial charge in [-0.2, -0.15) is 0 Å². The quantitative estimate of drug-likeness (QED) is 0.880. The number of hydrogen-bond acceptors (Lipinski definition) is 5. The standard InChI is InChI=1S/C18H23N3O3/c1-12-17(13(2)24-21-12)11-23-16-5-3-4-14(10-16)18(22)20-15-6-8-19-9-7-15/h3-5,10,15,19H,6-9,11H2,1-2H3,(H,20,22). The molecule has 24 heavy (non-hydrogen) atoms. The van der Waals surface area contributed by atoms with Gasteiger partial charge in [0.1, 0.15) is 18.1 Å². The van der Waals surface area contributed by atoms with Crippen LogP contribution >= 0.6 is 0 Å². The predicted molar refractivity (Wildman–Crippen MR) is 90.1 cm³/mol. The molecule has 1 aromatic heterocycles. The van der Waals surface area contributed by atoms with Crippen molar-refractivity contribution in [2.75, 3.05) is 13.1 Å². The predicted octanol–water partition coefficient (Wildman–Crippen LogP) is 2.35. The van der Waals surface area contributed by atoms with E-state index in [9.17, 15) is 4.79 Å². The summed E-state index contributed by atoms with van der Waals surface area (Å²) in [5, 5.41) is 10.3. The molecule has 0 unspecified atom stereocenters. The lowest BCUT2D eigenvalue weighted by Gasteiger charge is -2.23. The van der Waals surface area contributed by atoms with Gasteiger partial charge in [-0.25, -0.2) is 0 Å². The molecule has 1 aliphatic rings. The van der Waals surface area contributed by atoms with Crippen LogP contribution in [0.2, 0.25) is 0 Å². The van der Waals surface area contributed by atoms with Crippen molar-refractivity contribution >= 4 is 5.91 Å². The molecule has 3 rings (SSSR count). The minimum Gasteiger partial charge on any atom is -0.489 e. The molecule has 1 fully saturated rings. The molecule has 2 aromatic rings. The Balaban J connectivity index is 1.62. The molecular formula is C18H23N3O3. The summed E-state index contributed by atoms with van der Waals surface area (Å²) in [4.78, 5) is 12.4. The lowest BCUT2D eigenvalue weighted by atomic mass is 10.1. The van der Waals surface area contributed by atoms with Gasteiger partial charge in [0, 0.05) is 11.6 Å². The molecule has 2 N–H and O–H groups in total. The van der Waals surface area contributed by atoms with Crippen molar-refractivity contribution in [3.63, 3.8) is 0 Å². The number of nitrogens with zero attached hydrogens (tertiary/aromatic N) is 1. The molecule has 1 saturated heterocycles. The summed E-state index contributed by atoms with van der Waals surface area (Å²) < 4.78 is 10.9. The fourth-order valence-corrected chi connectivity index (χ4v) is 2.83. The first-order chi connectivity index (χ1) is 11.6. The zero-order chi connectivity index (χ0) is 16.9. The molecule has 0 bridgehead atoms. The summed E-state index contributed by atoms with van der Waals surface area (Å²) in [5.41, 5.74) is 2.39. The highest BCUT2D eigenvalue weighted by molar-refractivity contribution is 5.94. The molecule has 1 aromatic carbocycles. The van der Waals surface area contributed by atoms with E-state index in [0.717, 1.165) is 42.9 Å². The second-order valence-electron chi connectivity index (χ2n) is 6.12. The van der Waals surface area contributed by atoms with Gasteiger partial charge in [0.05, 0.1) is 11.3 Å². The van der Waals surface area contributed by atoms with E-state index in [4.69, 9.17) is 9.26 Å². The maximum atomic E-state index is 12.4. The van der Waals surface area contributed by atoms with Crippen molar-refractivity contribution in [2.45, 2.75) is 39.3 Å². The molecule has 0 atom stereocenters. The van der Waals surface area contributed by atoms with Crippen LogP contribution in [0.15, 0.2) is 28.8 Å². The average molecular weight is 329 g/mol. The number of benzene rings is 1. The molecule has 0 spiro atoms. The number of carbonyl (C=O) groups is 1. The number of carbonyl (C=O) groups excluding carboxylic acids is 1. The van der Waals surface area contributed by atoms with E-state index >= 15 is 0 Å². The summed E-state index contributed by atoms with van der Waals surface area (Å²) in [5.74, 6) is 1.37. The van der Waals surface area contributed by atoms with Crippen molar-refractivity contribution in [1.82, 2.24) is 15.8 Å². The van der Waals surface area contributed by atoms with Crippen LogP contribution in [0.3, 0.4) is 0 Å². The van der Waals surface area contributed by atoms with Crippen LogP contribution in [0.5, 0.6) is 5.75 Å². The van der Waals surface area contributed by atoms with Crippen LogP contribution in [-0.4, -0.2) is 30.2 Å². The smallest absolute Gasteiger partial charge is 0.251 e. The van der Waals surface area contributed by atoms with Gasteiger partial charge in [-0.15, -0.1) is 0 Å². The number of aromatic nitrogens is 1. The van der Waals surface area contributed by atoms with E-state index in [1.807, 2.05) is 26.0 Å². The fourth-order valence-electron chi connectivity index (χ4n) is 2.83. The molecule has 6 nitrogen and oxygen atoms in total. The van der Waals surface area contributed by atoms with Crippen LogP contribution in [0.1, 0.15) is 40.2 Å². The van der Waals surface area contributed by atoms with Gasteiger partial charge in [-0.3, -0.25) is 4.79 Å². The van der Waals surface area contributed by atoms with Gasteiger partial charge in [0.25, 0.3) is 5.91 Å². The number of rotatable bonds is 5. The number of amides is 1. The Bertz CT molecular complexity index is 686. The third kappa shape index (κ3) is 3.94. The summed E-state index contributed by atoms with van der Waals surface area (Å²) >= 11 is 0. The van der Waals surface area contributed by atoms with Crippen molar-refractivity contribution in [1.29, 1.82) is 0 Å². The average Bonchev–Trinajstić information content (AvgIpc) is 2.92. The first-order valence-electron chi connectivity index (χ1n) is 8.29. The lowest BCUT2D eigenvalue weighted by molar-refractivity contribution is 0.0929. The molecule has 1 amide bonds. The van der Waals surface area contributed by atoms with E-state index in [1.165, 1.54) is 0 Å².